The predicted octanol–water partition coefficient (Wildman–Crippen LogP) is 2.60. The number of likely N-dealkylation sites (N-methyl/N-ethyl adjacent to an activating group) is 1. The van der Waals surface area contributed by atoms with Crippen LogP contribution in [0.25, 0.3) is 0 Å². The average molecular weight is 243 g/mol. The van der Waals surface area contributed by atoms with Crippen molar-refractivity contribution in [2.75, 3.05) is 27.4 Å². The second-order valence-electron chi connectivity index (χ2n) is 5.18. The van der Waals surface area contributed by atoms with Gasteiger partial charge in [0, 0.05) is 26.4 Å². The second kappa shape index (κ2) is 8.90. The molecule has 1 aliphatic rings. The summed E-state index contributed by atoms with van der Waals surface area (Å²) in [4.78, 5) is 0. The smallest absolute Gasteiger partial charge is 0.0696 e. The Kier molecular flexibility index (Phi) is 7.82. The summed E-state index contributed by atoms with van der Waals surface area (Å²) in [5, 5.41) is 3.35. The van der Waals surface area contributed by atoms with Gasteiger partial charge in [-0.15, -0.1) is 0 Å². The largest absolute Gasteiger partial charge is 0.381 e. The van der Waals surface area contributed by atoms with Gasteiger partial charge in [0.15, 0.2) is 0 Å². The van der Waals surface area contributed by atoms with Gasteiger partial charge in [-0.1, -0.05) is 19.3 Å². The van der Waals surface area contributed by atoms with Gasteiger partial charge in [0.05, 0.1) is 6.10 Å². The van der Waals surface area contributed by atoms with Gasteiger partial charge in [-0.2, -0.15) is 0 Å². The summed E-state index contributed by atoms with van der Waals surface area (Å²) in [5.74, 6) is 0.914. The summed E-state index contributed by atoms with van der Waals surface area (Å²) in [7, 11) is 3.82. The lowest BCUT2D eigenvalue weighted by Crippen LogP contribution is -2.36. The summed E-state index contributed by atoms with van der Waals surface area (Å²) in [5.41, 5.74) is 0. The average Bonchev–Trinajstić information content (AvgIpc) is 2.39. The third-order valence-electron chi connectivity index (χ3n) is 4.03. The van der Waals surface area contributed by atoms with Gasteiger partial charge in [0.1, 0.15) is 0 Å². The van der Waals surface area contributed by atoms with Gasteiger partial charge in [-0.3, -0.25) is 0 Å². The molecule has 1 fully saturated rings. The first-order valence-electron chi connectivity index (χ1n) is 7.05. The van der Waals surface area contributed by atoms with Gasteiger partial charge in [-0.05, 0) is 39.2 Å². The molecule has 0 aromatic heterocycles. The molecule has 3 heteroatoms. The Morgan fingerprint density at radius 3 is 2.59 bits per heavy atom. The first-order valence-corrected chi connectivity index (χ1v) is 7.05. The van der Waals surface area contributed by atoms with Crippen molar-refractivity contribution in [1.29, 1.82) is 0 Å². The van der Waals surface area contributed by atoms with E-state index in [1.54, 1.807) is 7.11 Å². The van der Waals surface area contributed by atoms with Gasteiger partial charge < -0.3 is 14.8 Å². The fourth-order valence-corrected chi connectivity index (χ4v) is 2.61. The molecule has 0 aromatic carbocycles. The van der Waals surface area contributed by atoms with E-state index in [1.165, 1.54) is 38.5 Å². The maximum Gasteiger partial charge on any atom is 0.0696 e. The second-order valence-corrected chi connectivity index (χ2v) is 5.18. The zero-order chi connectivity index (χ0) is 12.5. The van der Waals surface area contributed by atoms with E-state index in [2.05, 4.69) is 12.2 Å². The number of hydrogen-bond donors (Lipinski definition) is 1. The number of nitrogens with one attached hydrogen (secondary N) is 1. The van der Waals surface area contributed by atoms with Gasteiger partial charge in [0.2, 0.25) is 0 Å². The van der Waals surface area contributed by atoms with E-state index in [1.807, 2.05) is 7.05 Å². The van der Waals surface area contributed by atoms with E-state index < -0.39 is 0 Å². The molecule has 17 heavy (non-hydrogen) atoms. The maximum absolute atomic E-state index is 5.38. The van der Waals surface area contributed by atoms with Crippen molar-refractivity contribution < 1.29 is 9.47 Å². The predicted molar refractivity (Wildman–Crippen MR) is 71.3 cm³/mol. The quantitative estimate of drug-likeness (QED) is 0.665. The summed E-state index contributed by atoms with van der Waals surface area (Å²) in [6, 6.07) is 0.495. The van der Waals surface area contributed by atoms with Crippen molar-refractivity contribution in [3.63, 3.8) is 0 Å². The molecule has 1 N–H and O–H groups in total. The van der Waals surface area contributed by atoms with E-state index in [0.717, 1.165) is 19.1 Å². The van der Waals surface area contributed by atoms with Crippen LogP contribution in [0.4, 0.5) is 0 Å². The van der Waals surface area contributed by atoms with Crippen molar-refractivity contribution in [3.05, 3.63) is 0 Å². The minimum absolute atomic E-state index is 0.308. The topological polar surface area (TPSA) is 30.5 Å². The Morgan fingerprint density at radius 2 is 2.00 bits per heavy atom. The van der Waals surface area contributed by atoms with Crippen LogP contribution in [-0.4, -0.2) is 39.5 Å². The summed E-state index contributed by atoms with van der Waals surface area (Å²) in [6.07, 6.45) is 8.09. The van der Waals surface area contributed by atoms with Crippen LogP contribution in [-0.2, 0) is 9.47 Å². The molecule has 0 aliphatic carbocycles. The molecular weight excluding hydrogens is 214 g/mol. The standard InChI is InChI=1S/C14H29NO2/c1-12(16-3)14(15-2)7-5-4-6-13-8-10-17-11-9-13/h12-15H,4-11H2,1-3H3. The molecule has 1 heterocycles. The normalized spacial score (nSPS) is 21.4. The monoisotopic (exact) mass is 243 g/mol. The van der Waals surface area contributed by atoms with E-state index in [9.17, 15) is 0 Å². The number of rotatable bonds is 8. The molecule has 0 bridgehead atoms. The van der Waals surface area contributed by atoms with Crippen LogP contribution in [0.2, 0.25) is 0 Å². The molecule has 0 radical (unpaired) electrons. The third-order valence-corrected chi connectivity index (χ3v) is 4.03. The number of ether oxygens (including phenoxy) is 2. The summed E-state index contributed by atoms with van der Waals surface area (Å²) in [6.45, 7) is 4.09. The van der Waals surface area contributed by atoms with Gasteiger partial charge >= 0.3 is 0 Å². The number of methoxy groups -OCH3 is 1. The minimum Gasteiger partial charge on any atom is -0.381 e. The molecule has 0 spiro atoms. The van der Waals surface area contributed by atoms with E-state index in [-0.39, 0.29) is 0 Å². The molecule has 2 unspecified atom stereocenters. The molecule has 3 nitrogen and oxygen atoms in total. The Morgan fingerprint density at radius 1 is 1.29 bits per heavy atom. The van der Waals surface area contributed by atoms with Crippen molar-refractivity contribution in [2.45, 2.75) is 57.6 Å². The van der Waals surface area contributed by atoms with Crippen molar-refractivity contribution in [2.24, 2.45) is 5.92 Å². The highest BCUT2D eigenvalue weighted by Crippen LogP contribution is 2.21. The fraction of sp³-hybridized carbons (Fsp3) is 1.00. The third kappa shape index (κ3) is 5.84. The SMILES string of the molecule is CNC(CCCCC1CCOCC1)C(C)OC. The zero-order valence-electron chi connectivity index (χ0n) is 11.7. The van der Waals surface area contributed by atoms with Crippen LogP contribution in [0.3, 0.4) is 0 Å². The highest BCUT2D eigenvalue weighted by molar-refractivity contribution is 4.72. The molecule has 0 aromatic rings. The molecule has 1 aliphatic heterocycles. The van der Waals surface area contributed by atoms with Gasteiger partial charge in [-0.25, -0.2) is 0 Å². The molecule has 0 saturated carbocycles. The van der Waals surface area contributed by atoms with Crippen LogP contribution in [0.1, 0.15) is 45.4 Å². The van der Waals surface area contributed by atoms with E-state index in [0.29, 0.717) is 12.1 Å². The first-order chi connectivity index (χ1) is 8.27. The van der Waals surface area contributed by atoms with Crippen LogP contribution in [0, 0.1) is 5.92 Å². The Hall–Kier alpha value is -0.120. The Balaban J connectivity index is 2.05. The van der Waals surface area contributed by atoms with Gasteiger partial charge in [0.25, 0.3) is 0 Å². The molecule has 1 rings (SSSR count). The van der Waals surface area contributed by atoms with Crippen LogP contribution in [0.5, 0.6) is 0 Å². The highest BCUT2D eigenvalue weighted by atomic mass is 16.5. The highest BCUT2D eigenvalue weighted by Gasteiger charge is 2.16. The molecule has 0 amide bonds. The Labute approximate surface area is 106 Å². The lowest BCUT2D eigenvalue weighted by Gasteiger charge is -2.24. The number of hydrogen-bond acceptors (Lipinski definition) is 3. The van der Waals surface area contributed by atoms with E-state index >= 15 is 0 Å². The molecule has 1 saturated heterocycles. The lowest BCUT2D eigenvalue weighted by atomic mass is 9.93. The Bertz CT molecular complexity index is 181. The molecular formula is C14H29NO2. The van der Waals surface area contributed by atoms with Crippen molar-refractivity contribution in [3.8, 4) is 0 Å². The lowest BCUT2D eigenvalue weighted by molar-refractivity contribution is 0.0621. The van der Waals surface area contributed by atoms with Crippen LogP contribution < -0.4 is 5.32 Å². The molecule has 102 valence electrons. The van der Waals surface area contributed by atoms with Crippen LogP contribution in [0.15, 0.2) is 0 Å². The van der Waals surface area contributed by atoms with E-state index in [4.69, 9.17) is 9.47 Å². The minimum atomic E-state index is 0.308. The number of unbranched alkanes of at least 4 members (excludes halogenated alkanes) is 1. The van der Waals surface area contributed by atoms with Crippen molar-refractivity contribution in [1.82, 2.24) is 5.32 Å². The summed E-state index contributed by atoms with van der Waals surface area (Å²) >= 11 is 0. The fourth-order valence-electron chi connectivity index (χ4n) is 2.61. The maximum atomic E-state index is 5.38. The van der Waals surface area contributed by atoms with Crippen LogP contribution >= 0.6 is 0 Å². The first kappa shape index (κ1) is 14.9. The summed E-state index contributed by atoms with van der Waals surface area (Å²) < 4.78 is 10.8. The molecule has 2 atom stereocenters. The van der Waals surface area contributed by atoms with Crippen molar-refractivity contribution >= 4 is 0 Å². The zero-order valence-corrected chi connectivity index (χ0v) is 11.7.